The number of ether oxygens (including phenoxy) is 2. The third-order valence-corrected chi connectivity index (χ3v) is 3.12. The lowest BCUT2D eigenvalue weighted by molar-refractivity contribution is 0.0734. The van der Waals surface area contributed by atoms with E-state index in [2.05, 4.69) is 4.98 Å². The second kappa shape index (κ2) is 7.19. The van der Waals surface area contributed by atoms with Crippen LogP contribution in [-0.4, -0.2) is 16.9 Å². The van der Waals surface area contributed by atoms with Crippen LogP contribution < -0.4 is 9.47 Å². The van der Waals surface area contributed by atoms with Crippen LogP contribution in [0.15, 0.2) is 79.1 Å². The van der Waals surface area contributed by atoms with E-state index >= 15 is 0 Å². The van der Waals surface area contributed by atoms with E-state index in [4.69, 9.17) is 9.47 Å². The zero-order valence-corrected chi connectivity index (χ0v) is 12.6. The molecule has 2 aromatic carbocycles. The first-order valence-electron chi connectivity index (χ1n) is 7.22. The summed E-state index contributed by atoms with van der Waals surface area (Å²) >= 11 is 0. The molecule has 0 fully saturated rings. The number of rotatable bonds is 4. The molecule has 5 nitrogen and oxygen atoms in total. The molecular formula is C19H13NO4. The first-order valence-corrected chi connectivity index (χ1v) is 7.22. The van der Waals surface area contributed by atoms with Crippen molar-refractivity contribution in [2.45, 2.75) is 0 Å². The van der Waals surface area contributed by atoms with E-state index in [1.807, 2.05) is 12.1 Å². The molecular weight excluding hydrogens is 306 g/mol. The first kappa shape index (κ1) is 15.4. The van der Waals surface area contributed by atoms with Crippen molar-refractivity contribution >= 4 is 11.9 Å². The van der Waals surface area contributed by atoms with E-state index in [1.54, 1.807) is 48.5 Å². The number of pyridine rings is 1. The number of carbonyl (C=O) groups excluding carboxylic acids is 2. The third kappa shape index (κ3) is 3.84. The molecule has 0 aliphatic carbocycles. The van der Waals surface area contributed by atoms with Crippen molar-refractivity contribution in [1.29, 1.82) is 0 Å². The number of benzene rings is 2. The lowest BCUT2D eigenvalue weighted by Crippen LogP contribution is -2.13. The summed E-state index contributed by atoms with van der Waals surface area (Å²) < 4.78 is 10.4. The van der Waals surface area contributed by atoms with Crippen molar-refractivity contribution < 1.29 is 19.1 Å². The number of hydrogen-bond donors (Lipinski definition) is 0. The van der Waals surface area contributed by atoms with Crippen molar-refractivity contribution in [2.24, 2.45) is 0 Å². The van der Waals surface area contributed by atoms with Gasteiger partial charge in [-0.3, -0.25) is 4.98 Å². The van der Waals surface area contributed by atoms with Gasteiger partial charge in [-0.2, -0.15) is 0 Å². The molecule has 0 atom stereocenters. The van der Waals surface area contributed by atoms with Crippen LogP contribution in [0.4, 0.5) is 0 Å². The van der Waals surface area contributed by atoms with Gasteiger partial charge in [0.05, 0.1) is 11.1 Å². The minimum atomic E-state index is -0.594. The van der Waals surface area contributed by atoms with Crippen LogP contribution in [-0.2, 0) is 0 Å². The number of hydrogen-bond acceptors (Lipinski definition) is 5. The highest BCUT2D eigenvalue weighted by Gasteiger charge is 2.14. The van der Waals surface area contributed by atoms with Crippen LogP contribution in [0, 0.1) is 0 Å². The Hall–Kier alpha value is -3.47. The first-order chi connectivity index (χ1) is 11.7. The number of aromatic nitrogens is 1. The second-order valence-corrected chi connectivity index (χ2v) is 4.87. The van der Waals surface area contributed by atoms with Crippen LogP contribution in [0.25, 0.3) is 0 Å². The van der Waals surface area contributed by atoms with Gasteiger partial charge in [-0.15, -0.1) is 0 Å². The van der Waals surface area contributed by atoms with Crippen molar-refractivity contribution in [2.75, 3.05) is 0 Å². The molecule has 0 saturated carbocycles. The van der Waals surface area contributed by atoms with Gasteiger partial charge < -0.3 is 9.47 Å². The van der Waals surface area contributed by atoms with E-state index in [-0.39, 0.29) is 11.1 Å². The molecule has 0 aliphatic heterocycles. The average Bonchev–Trinajstić information content (AvgIpc) is 2.63. The highest BCUT2D eigenvalue weighted by molar-refractivity contribution is 5.96. The van der Waals surface area contributed by atoms with Gasteiger partial charge in [0.1, 0.15) is 11.5 Å². The summed E-state index contributed by atoms with van der Waals surface area (Å²) in [7, 11) is 0. The molecule has 3 rings (SSSR count). The fraction of sp³-hybridized carbons (Fsp3) is 0. The highest BCUT2D eigenvalue weighted by Crippen LogP contribution is 2.14. The molecule has 0 aliphatic rings. The number of para-hydroxylation sites is 2. The Morgan fingerprint density at radius 1 is 0.667 bits per heavy atom. The molecule has 24 heavy (non-hydrogen) atoms. The van der Waals surface area contributed by atoms with Gasteiger partial charge in [-0.1, -0.05) is 36.4 Å². The normalized spacial score (nSPS) is 10.0. The predicted octanol–water partition coefficient (Wildman–Crippen LogP) is 3.52. The molecule has 118 valence electrons. The molecule has 0 amide bonds. The molecule has 0 bridgehead atoms. The van der Waals surface area contributed by atoms with Crippen molar-refractivity contribution in [3.05, 3.63) is 90.3 Å². The fourth-order valence-electron chi connectivity index (χ4n) is 1.97. The fourth-order valence-corrected chi connectivity index (χ4v) is 1.97. The Labute approximate surface area is 138 Å². The predicted molar refractivity (Wildman–Crippen MR) is 87.0 cm³/mol. The minimum Gasteiger partial charge on any atom is -0.423 e. The van der Waals surface area contributed by atoms with Gasteiger partial charge in [0.2, 0.25) is 0 Å². The maximum Gasteiger partial charge on any atom is 0.345 e. The molecule has 0 N–H and O–H groups in total. The van der Waals surface area contributed by atoms with Gasteiger partial charge >= 0.3 is 11.9 Å². The van der Waals surface area contributed by atoms with E-state index < -0.39 is 11.9 Å². The Balaban J connectivity index is 1.74. The maximum absolute atomic E-state index is 12.1. The zero-order valence-electron chi connectivity index (χ0n) is 12.6. The minimum absolute atomic E-state index is 0.168. The standard InChI is InChI=1S/C19H13NO4/c21-18(23-16-7-3-1-4-8-16)14-11-15(13-20-12-14)19(22)24-17-9-5-2-6-10-17/h1-13H. The van der Waals surface area contributed by atoms with Crippen LogP contribution in [0.3, 0.4) is 0 Å². The van der Waals surface area contributed by atoms with Gasteiger partial charge in [0.25, 0.3) is 0 Å². The Morgan fingerprint density at radius 2 is 1.08 bits per heavy atom. The number of carbonyl (C=O) groups is 2. The monoisotopic (exact) mass is 319 g/mol. The van der Waals surface area contributed by atoms with E-state index in [0.717, 1.165) is 0 Å². The summed E-state index contributed by atoms with van der Waals surface area (Å²) in [5.74, 6) is -0.356. The summed E-state index contributed by atoms with van der Waals surface area (Å²) in [5.41, 5.74) is 0.336. The van der Waals surface area contributed by atoms with Gasteiger partial charge in [-0.05, 0) is 30.3 Å². The van der Waals surface area contributed by atoms with Gasteiger partial charge in [0, 0.05) is 12.4 Å². The summed E-state index contributed by atoms with van der Waals surface area (Å²) in [6.07, 6.45) is 2.68. The quantitative estimate of drug-likeness (QED) is 0.544. The van der Waals surface area contributed by atoms with Gasteiger partial charge in [0.15, 0.2) is 0 Å². The Bertz CT molecular complexity index is 779. The molecule has 0 radical (unpaired) electrons. The zero-order chi connectivity index (χ0) is 16.8. The topological polar surface area (TPSA) is 65.5 Å². The van der Waals surface area contributed by atoms with Crippen LogP contribution in [0.5, 0.6) is 11.5 Å². The summed E-state index contributed by atoms with van der Waals surface area (Å²) in [6, 6.07) is 18.7. The summed E-state index contributed by atoms with van der Waals surface area (Å²) in [4.78, 5) is 28.2. The molecule has 1 aromatic heterocycles. The molecule has 1 heterocycles. The lowest BCUT2D eigenvalue weighted by Gasteiger charge is -2.06. The number of nitrogens with zero attached hydrogens (tertiary/aromatic N) is 1. The number of esters is 2. The Kier molecular flexibility index (Phi) is 4.62. The van der Waals surface area contributed by atoms with Crippen LogP contribution in [0.2, 0.25) is 0 Å². The summed E-state index contributed by atoms with van der Waals surface area (Å²) in [5, 5.41) is 0. The molecule has 0 unspecified atom stereocenters. The van der Waals surface area contributed by atoms with E-state index in [1.165, 1.54) is 18.5 Å². The smallest absolute Gasteiger partial charge is 0.345 e. The maximum atomic E-state index is 12.1. The third-order valence-electron chi connectivity index (χ3n) is 3.12. The van der Waals surface area contributed by atoms with Crippen LogP contribution >= 0.6 is 0 Å². The van der Waals surface area contributed by atoms with Crippen molar-refractivity contribution in [1.82, 2.24) is 4.98 Å². The average molecular weight is 319 g/mol. The van der Waals surface area contributed by atoms with Crippen LogP contribution in [0.1, 0.15) is 20.7 Å². The Morgan fingerprint density at radius 3 is 1.50 bits per heavy atom. The van der Waals surface area contributed by atoms with E-state index in [0.29, 0.717) is 11.5 Å². The molecule has 5 heteroatoms. The molecule has 0 spiro atoms. The lowest BCUT2D eigenvalue weighted by atomic mass is 10.2. The molecule has 0 saturated heterocycles. The van der Waals surface area contributed by atoms with Crippen molar-refractivity contribution in [3.8, 4) is 11.5 Å². The second-order valence-electron chi connectivity index (χ2n) is 4.87. The largest absolute Gasteiger partial charge is 0.423 e. The summed E-state index contributed by atoms with van der Waals surface area (Å²) in [6.45, 7) is 0. The van der Waals surface area contributed by atoms with Gasteiger partial charge in [-0.25, -0.2) is 9.59 Å². The molecule has 3 aromatic rings. The SMILES string of the molecule is O=C(Oc1ccccc1)c1cncc(C(=O)Oc2ccccc2)c1. The van der Waals surface area contributed by atoms with Crippen molar-refractivity contribution in [3.63, 3.8) is 0 Å². The van der Waals surface area contributed by atoms with E-state index in [9.17, 15) is 9.59 Å². The highest BCUT2D eigenvalue weighted by atomic mass is 16.5.